The van der Waals surface area contributed by atoms with Gasteiger partial charge in [-0.2, -0.15) is 0 Å². The minimum Gasteiger partial charge on any atom is -0.456 e. The zero-order valence-electron chi connectivity index (χ0n) is 15.8. The molecule has 2 aliphatic rings. The Hall–Kier alpha value is -2.52. The summed E-state index contributed by atoms with van der Waals surface area (Å²) in [5.41, 5.74) is 1.39. The van der Waals surface area contributed by atoms with Gasteiger partial charge in [-0.15, -0.1) is 0 Å². The first kappa shape index (κ1) is 21.2. The highest BCUT2D eigenvalue weighted by Gasteiger charge is 2.52. The second-order valence-corrected chi connectivity index (χ2v) is 8.69. The van der Waals surface area contributed by atoms with Crippen molar-refractivity contribution >= 4 is 44.5 Å². The molecule has 2 aliphatic heterocycles. The third-order valence-corrected chi connectivity index (χ3v) is 6.29. The Balaban J connectivity index is 1.82. The SMILES string of the molecule is C/C=C1/C(=O)N2C(C(=O)OCc3ccc(Br)cc3)=C(S(=O)/C=C/NC(C)=O)C[C@H]12. The summed E-state index contributed by atoms with van der Waals surface area (Å²) in [6, 6.07) is 6.98. The number of rotatable bonds is 6. The van der Waals surface area contributed by atoms with E-state index in [4.69, 9.17) is 4.74 Å². The first-order valence-corrected chi connectivity index (χ1v) is 10.8. The Morgan fingerprint density at radius 2 is 2.03 bits per heavy atom. The minimum absolute atomic E-state index is 0.0218. The van der Waals surface area contributed by atoms with E-state index in [0.717, 1.165) is 10.0 Å². The lowest BCUT2D eigenvalue weighted by Gasteiger charge is -2.38. The van der Waals surface area contributed by atoms with E-state index in [2.05, 4.69) is 21.2 Å². The molecule has 3 rings (SSSR count). The predicted octanol–water partition coefficient (Wildman–Crippen LogP) is 2.62. The summed E-state index contributed by atoms with van der Waals surface area (Å²) < 4.78 is 19.0. The maximum absolute atomic E-state index is 12.8. The summed E-state index contributed by atoms with van der Waals surface area (Å²) in [6.45, 7) is 3.11. The molecule has 2 heterocycles. The summed E-state index contributed by atoms with van der Waals surface area (Å²) in [5.74, 6) is -1.29. The van der Waals surface area contributed by atoms with E-state index < -0.39 is 16.8 Å². The van der Waals surface area contributed by atoms with Crippen LogP contribution in [0.3, 0.4) is 0 Å². The number of β-lactam (4-membered cyclic amide) rings is 1. The number of fused-ring (bicyclic) bond motifs is 1. The molecule has 0 aromatic heterocycles. The molecule has 29 heavy (non-hydrogen) atoms. The lowest BCUT2D eigenvalue weighted by atomic mass is 9.94. The molecule has 1 N–H and O–H groups in total. The van der Waals surface area contributed by atoms with Crippen LogP contribution >= 0.6 is 15.9 Å². The van der Waals surface area contributed by atoms with Crippen LogP contribution in [0.4, 0.5) is 0 Å². The van der Waals surface area contributed by atoms with E-state index in [1.807, 2.05) is 24.3 Å². The molecule has 0 radical (unpaired) electrons. The van der Waals surface area contributed by atoms with Crippen molar-refractivity contribution in [2.75, 3.05) is 0 Å². The Morgan fingerprint density at radius 3 is 2.66 bits per heavy atom. The molecule has 7 nitrogen and oxygen atoms in total. The van der Waals surface area contributed by atoms with Crippen LogP contribution in [0.5, 0.6) is 0 Å². The smallest absolute Gasteiger partial charge is 0.356 e. The molecular formula is C20H19BrN2O5S. The van der Waals surface area contributed by atoms with E-state index in [9.17, 15) is 18.6 Å². The summed E-state index contributed by atoms with van der Waals surface area (Å²) in [4.78, 5) is 37.8. The topological polar surface area (TPSA) is 92.8 Å². The highest BCUT2D eigenvalue weighted by Crippen LogP contribution is 2.43. The van der Waals surface area contributed by atoms with Gasteiger partial charge < -0.3 is 10.1 Å². The van der Waals surface area contributed by atoms with Crippen molar-refractivity contribution in [3.8, 4) is 0 Å². The number of halogens is 1. The standard InChI is InChI=1S/C20H19BrN2O5S/c1-3-15-16-10-17(29(27)9-8-22-12(2)24)18(23(16)19(15)25)20(26)28-11-13-4-6-14(21)7-5-13/h3-9,16H,10-11H2,1-2H3,(H,22,24)/b9-8+,15-3+/t16-,29?/m1/s1. The van der Waals surface area contributed by atoms with Gasteiger partial charge in [-0.05, 0) is 24.6 Å². The summed E-state index contributed by atoms with van der Waals surface area (Å²) >= 11 is 3.34. The number of nitrogens with zero attached hydrogens (tertiary/aromatic N) is 1. The van der Waals surface area contributed by atoms with Gasteiger partial charge >= 0.3 is 5.97 Å². The normalized spacial score (nSPS) is 20.7. The summed E-state index contributed by atoms with van der Waals surface area (Å²) in [5, 5.41) is 3.70. The molecule has 1 aromatic rings. The number of esters is 1. The van der Waals surface area contributed by atoms with Crippen molar-refractivity contribution in [3.05, 3.63) is 68.2 Å². The van der Waals surface area contributed by atoms with Crippen LogP contribution in [-0.2, 0) is 36.5 Å². The summed E-state index contributed by atoms with van der Waals surface area (Å²) in [6.07, 6.45) is 3.25. The number of carbonyl (C=O) groups is 3. The Labute approximate surface area is 179 Å². The molecule has 9 heteroatoms. The van der Waals surface area contributed by atoms with E-state index in [1.165, 1.54) is 23.4 Å². The fraction of sp³-hybridized carbons (Fsp3) is 0.250. The quantitative estimate of drug-likeness (QED) is 0.385. The molecule has 2 amide bonds. The van der Waals surface area contributed by atoms with Crippen molar-refractivity contribution in [2.24, 2.45) is 0 Å². The highest BCUT2D eigenvalue weighted by atomic mass is 79.9. The van der Waals surface area contributed by atoms with Gasteiger partial charge in [0.2, 0.25) is 5.91 Å². The second-order valence-electron chi connectivity index (χ2n) is 6.41. The van der Waals surface area contributed by atoms with Crippen LogP contribution < -0.4 is 5.32 Å². The first-order chi connectivity index (χ1) is 13.8. The van der Waals surface area contributed by atoms with E-state index in [1.54, 1.807) is 13.0 Å². The summed E-state index contributed by atoms with van der Waals surface area (Å²) in [7, 11) is -1.69. The maximum atomic E-state index is 12.8. The number of benzene rings is 1. The maximum Gasteiger partial charge on any atom is 0.356 e. The van der Waals surface area contributed by atoms with Crippen LogP contribution in [0.2, 0.25) is 0 Å². The van der Waals surface area contributed by atoms with Gasteiger partial charge in [0.05, 0.1) is 21.7 Å². The average Bonchev–Trinajstić information content (AvgIpc) is 3.03. The zero-order chi connectivity index (χ0) is 21.1. The fourth-order valence-electron chi connectivity index (χ4n) is 3.16. The van der Waals surface area contributed by atoms with E-state index >= 15 is 0 Å². The van der Waals surface area contributed by atoms with Gasteiger partial charge in [-0.25, -0.2) is 9.00 Å². The number of carbonyl (C=O) groups excluding carboxylic acids is 3. The van der Waals surface area contributed by atoms with Gasteiger partial charge in [-0.3, -0.25) is 14.5 Å². The van der Waals surface area contributed by atoms with E-state index in [-0.39, 0.29) is 36.6 Å². The molecule has 0 aliphatic carbocycles. The Bertz CT molecular complexity index is 981. The second kappa shape index (κ2) is 8.87. The Kier molecular flexibility index (Phi) is 6.49. The average molecular weight is 479 g/mol. The van der Waals surface area contributed by atoms with Gasteiger partial charge in [0.25, 0.3) is 5.91 Å². The van der Waals surface area contributed by atoms with Gasteiger partial charge in [0.15, 0.2) is 0 Å². The molecule has 1 aromatic carbocycles. The van der Waals surface area contributed by atoms with Crippen LogP contribution in [0.15, 0.2) is 62.6 Å². The van der Waals surface area contributed by atoms with Gasteiger partial charge in [-0.1, -0.05) is 34.1 Å². The zero-order valence-corrected chi connectivity index (χ0v) is 18.2. The molecule has 0 saturated carbocycles. The van der Waals surface area contributed by atoms with Gasteiger partial charge in [0.1, 0.15) is 12.3 Å². The Morgan fingerprint density at radius 1 is 1.34 bits per heavy atom. The van der Waals surface area contributed by atoms with Crippen molar-refractivity contribution in [2.45, 2.75) is 32.9 Å². The monoisotopic (exact) mass is 478 g/mol. The number of hydrogen-bond donors (Lipinski definition) is 1. The van der Waals surface area contributed by atoms with Crippen molar-refractivity contribution in [3.63, 3.8) is 0 Å². The predicted molar refractivity (Wildman–Crippen MR) is 111 cm³/mol. The number of amides is 2. The van der Waals surface area contributed by atoms with Crippen molar-refractivity contribution in [1.82, 2.24) is 10.2 Å². The lowest BCUT2D eigenvalue weighted by molar-refractivity contribution is -0.147. The molecule has 2 atom stereocenters. The molecule has 1 unspecified atom stereocenters. The van der Waals surface area contributed by atoms with Gasteiger partial charge in [0, 0.05) is 35.0 Å². The third-order valence-electron chi connectivity index (χ3n) is 4.53. The first-order valence-electron chi connectivity index (χ1n) is 8.82. The molecule has 152 valence electrons. The van der Waals surface area contributed by atoms with Crippen LogP contribution in [0.1, 0.15) is 25.8 Å². The highest BCUT2D eigenvalue weighted by molar-refractivity contribution is 9.10. The largest absolute Gasteiger partial charge is 0.456 e. The lowest BCUT2D eigenvalue weighted by Crippen LogP contribution is -2.52. The minimum atomic E-state index is -1.69. The number of allylic oxidation sites excluding steroid dienone is 1. The fourth-order valence-corrected chi connectivity index (χ4v) is 4.47. The van der Waals surface area contributed by atoms with Crippen molar-refractivity contribution in [1.29, 1.82) is 0 Å². The molecular weight excluding hydrogens is 460 g/mol. The molecule has 0 spiro atoms. The van der Waals surface area contributed by atoms with Crippen LogP contribution in [0.25, 0.3) is 0 Å². The number of hydrogen-bond acceptors (Lipinski definition) is 5. The molecule has 0 bridgehead atoms. The van der Waals surface area contributed by atoms with E-state index in [0.29, 0.717) is 10.5 Å². The third kappa shape index (κ3) is 4.40. The molecule has 1 fully saturated rings. The van der Waals surface area contributed by atoms with Crippen LogP contribution in [0, 0.1) is 0 Å². The van der Waals surface area contributed by atoms with Crippen LogP contribution in [-0.4, -0.2) is 32.9 Å². The molecule has 1 saturated heterocycles. The van der Waals surface area contributed by atoms with Crippen molar-refractivity contribution < 1.29 is 23.3 Å². The number of nitrogens with one attached hydrogen (secondary N) is 1. The number of ether oxygens (including phenoxy) is 1.